The molecular weight excluding hydrogens is 633 g/mol. The summed E-state index contributed by atoms with van der Waals surface area (Å²) < 4.78 is 2.40. The Morgan fingerprint density at radius 2 is 0.885 bits per heavy atom. The number of hydrogen-bond acceptors (Lipinski definition) is 3. The summed E-state index contributed by atoms with van der Waals surface area (Å²) in [6.07, 6.45) is 0. The second kappa shape index (κ2) is 11.7. The Bertz CT molecular complexity index is 2780. The molecule has 0 aliphatic heterocycles. The molecule has 0 radical (unpaired) electrons. The van der Waals surface area contributed by atoms with Crippen LogP contribution in [0.15, 0.2) is 170 Å². The standard InChI is InChI=1S/C48H34N4/c1-48(2)41-19-11-9-17-37(41)39-29-40-38-18-10-12-20-43(38)52(44(40)30-42(39)48)36-27-25-35(26-28-36)47-50-45(33-15-7-4-8-16-33)49-46(51-47)34-23-21-32(22-24-34)31-13-5-3-6-14-31/h3-30H,1-2H3. The normalized spacial score (nSPS) is 13.0. The molecule has 0 saturated heterocycles. The average molecular weight is 667 g/mol. The molecule has 4 heteroatoms. The highest BCUT2D eigenvalue weighted by atomic mass is 15.0. The predicted molar refractivity (Wildman–Crippen MR) is 213 cm³/mol. The lowest BCUT2D eigenvalue weighted by atomic mass is 9.82. The molecule has 0 fully saturated rings. The molecule has 0 N–H and O–H groups in total. The van der Waals surface area contributed by atoms with Crippen LogP contribution in [0.1, 0.15) is 25.0 Å². The fraction of sp³-hybridized carbons (Fsp3) is 0.0625. The van der Waals surface area contributed by atoms with E-state index in [1.54, 1.807) is 0 Å². The zero-order valence-corrected chi connectivity index (χ0v) is 29.0. The molecule has 52 heavy (non-hydrogen) atoms. The highest BCUT2D eigenvalue weighted by Gasteiger charge is 2.36. The molecule has 10 rings (SSSR count). The Morgan fingerprint density at radius 3 is 1.56 bits per heavy atom. The van der Waals surface area contributed by atoms with Crippen LogP contribution in [0.5, 0.6) is 0 Å². The minimum atomic E-state index is -0.0834. The molecule has 4 nitrogen and oxygen atoms in total. The molecule has 0 saturated carbocycles. The lowest BCUT2D eigenvalue weighted by Gasteiger charge is -2.21. The van der Waals surface area contributed by atoms with Crippen LogP contribution < -0.4 is 0 Å². The van der Waals surface area contributed by atoms with Gasteiger partial charge >= 0.3 is 0 Å². The van der Waals surface area contributed by atoms with Gasteiger partial charge in [0.05, 0.1) is 11.0 Å². The first-order chi connectivity index (χ1) is 25.5. The summed E-state index contributed by atoms with van der Waals surface area (Å²) in [4.78, 5) is 15.0. The molecule has 1 aliphatic rings. The molecule has 0 atom stereocenters. The highest BCUT2D eigenvalue weighted by molar-refractivity contribution is 6.11. The van der Waals surface area contributed by atoms with Crippen LogP contribution in [0.4, 0.5) is 0 Å². The van der Waals surface area contributed by atoms with E-state index in [0.29, 0.717) is 17.5 Å². The molecule has 9 aromatic rings. The van der Waals surface area contributed by atoms with Gasteiger partial charge in [-0.1, -0.05) is 141 Å². The van der Waals surface area contributed by atoms with E-state index in [2.05, 4.69) is 152 Å². The number of benzene rings is 7. The largest absolute Gasteiger partial charge is 0.309 e. The summed E-state index contributed by atoms with van der Waals surface area (Å²) in [7, 11) is 0. The van der Waals surface area contributed by atoms with Crippen molar-refractivity contribution in [3.8, 4) is 62.1 Å². The van der Waals surface area contributed by atoms with Gasteiger partial charge in [0.25, 0.3) is 0 Å². The van der Waals surface area contributed by atoms with E-state index < -0.39 is 0 Å². The van der Waals surface area contributed by atoms with Gasteiger partial charge in [-0.15, -0.1) is 0 Å². The number of fused-ring (bicyclic) bond motifs is 6. The molecule has 246 valence electrons. The Kier molecular flexibility index (Phi) is 6.80. The van der Waals surface area contributed by atoms with Gasteiger partial charge in [-0.3, -0.25) is 0 Å². The molecule has 7 aromatic carbocycles. The third-order valence-corrected chi connectivity index (χ3v) is 10.7. The molecule has 0 amide bonds. The zero-order chi connectivity index (χ0) is 34.8. The van der Waals surface area contributed by atoms with E-state index in [1.807, 2.05) is 36.4 Å². The van der Waals surface area contributed by atoms with Crippen molar-refractivity contribution in [1.82, 2.24) is 19.5 Å². The maximum absolute atomic E-state index is 5.04. The van der Waals surface area contributed by atoms with Crippen LogP contribution in [0, 0.1) is 0 Å². The van der Waals surface area contributed by atoms with Crippen molar-refractivity contribution in [2.45, 2.75) is 19.3 Å². The summed E-state index contributed by atoms with van der Waals surface area (Å²) in [5.74, 6) is 1.94. The minimum Gasteiger partial charge on any atom is -0.309 e. The van der Waals surface area contributed by atoms with E-state index in [-0.39, 0.29) is 5.41 Å². The van der Waals surface area contributed by atoms with Crippen molar-refractivity contribution in [3.63, 3.8) is 0 Å². The van der Waals surface area contributed by atoms with Crippen molar-refractivity contribution in [1.29, 1.82) is 0 Å². The van der Waals surface area contributed by atoms with Crippen LogP contribution in [-0.4, -0.2) is 19.5 Å². The molecule has 0 unspecified atom stereocenters. The van der Waals surface area contributed by atoms with Crippen LogP contribution in [-0.2, 0) is 5.41 Å². The quantitative estimate of drug-likeness (QED) is 0.184. The Hall–Kier alpha value is -6.65. The fourth-order valence-corrected chi connectivity index (χ4v) is 7.99. The first-order valence-electron chi connectivity index (χ1n) is 17.8. The number of nitrogens with zero attached hydrogens (tertiary/aromatic N) is 4. The molecule has 1 aliphatic carbocycles. The average Bonchev–Trinajstić information content (AvgIpc) is 3.65. The van der Waals surface area contributed by atoms with Crippen LogP contribution >= 0.6 is 0 Å². The number of hydrogen-bond donors (Lipinski definition) is 0. The highest BCUT2D eigenvalue weighted by Crippen LogP contribution is 2.51. The van der Waals surface area contributed by atoms with Gasteiger partial charge in [0, 0.05) is 38.6 Å². The SMILES string of the molecule is CC1(C)c2ccccc2-c2cc3c4ccccc4n(-c4ccc(-c5nc(-c6ccccc6)nc(-c6ccc(-c7ccccc7)cc6)n5)cc4)c3cc21. The van der Waals surface area contributed by atoms with Crippen LogP contribution in [0.25, 0.3) is 83.9 Å². The second-order valence-corrected chi connectivity index (χ2v) is 14.1. The maximum atomic E-state index is 5.04. The first kappa shape index (κ1) is 30.2. The third kappa shape index (κ3) is 4.79. The van der Waals surface area contributed by atoms with Gasteiger partial charge in [0.1, 0.15) is 0 Å². The summed E-state index contributed by atoms with van der Waals surface area (Å²) in [6.45, 7) is 4.69. The van der Waals surface area contributed by atoms with E-state index in [4.69, 9.17) is 15.0 Å². The predicted octanol–water partition coefficient (Wildman–Crippen LogP) is 11.9. The van der Waals surface area contributed by atoms with Crippen LogP contribution in [0.2, 0.25) is 0 Å². The lowest BCUT2D eigenvalue weighted by molar-refractivity contribution is 0.661. The smallest absolute Gasteiger partial charge is 0.164 e. The molecule has 0 spiro atoms. The van der Waals surface area contributed by atoms with E-state index >= 15 is 0 Å². The zero-order valence-electron chi connectivity index (χ0n) is 29.0. The molecule has 2 aromatic heterocycles. The van der Waals surface area contributed by atoms with Gasteiger partial charge in [-0.25, -0.2) is 15.0 Å². The summed E-state index contributed by atoms with van der Waals surface area (Å²) >= 11 is 0. The lowest BCUT2D eigenvalue weighted by Crippen LogP contribution is -2.14. The topological polar surface area (TPSA) is 43.6 Å². The molecule has 2 heterocycles. The van der Waals surface area contributed by atoms with E-state index in [0.717, 1.165) is 27.9 Å². The Labute approximate surface area is 302 Å². The second-order valence-electron chi connectivity index (χ2n) is 14.1. The van der Waals surface area contributed by atoms with Gasteiger partial charge in [-0.05, 0) is 75.8 Å². The van der Waals surface area contributed by atoms with Crippen molar-refractivity contribution in [2.24, 2.45) is 0 Å². The number of para-hydroxylation sites is 1. The van der Waals surface area contributed by atoms with E-state index in [9.17, 15) is 0 Å². The number of aromatic nitrogens is 4. The maximum Gasteiger partial charge on any atom is 0.164 e. The van der Waals surface area contributed by atoms with Gasteiger partial charge < -0.3 is 4.57 Å². The monoisotopic (exact) mass is 666 g/mol. The van der Waals surface area contributed by atoms with Crippen molar-refractivity contribution < 1.29 is 0 Å². The van der Waals surface area contributed by atoms with Gasteiger partial charge in [0.15, 0.2) is 17.5 Å². The van der Waals surface area contributed by atoms with Gasteiger partial charge in [-0.2, -0.15) is 0 Å². The minimum absolute atomic E-state index is 0.0834. The van der Waals surface area contributed by atoms with Crippen molar-refractivity contribution in [3.05, 3.63) is 181 Å². The summed E-state index contributed by atoms with van der Waals surface area (Å²) in [5, 5.41) is 2.51. The third-order valence-electron chi connectivity index (χ3n) is 10.7. The van der Waals surface area contributed by atoms with Crippen LogP contribution in [0.3, 0.4) is 0 Å². The molecular formula is C48H34N4. The Morgan fingerprint density at radius 1 is 0.385 bits per heavy atom. The van der Waals surface area contributed by atoms with E-state index in [1.165, 1.54) is 49.6 Å². The van der Waals surface area contributed by atoms with Gasteiger partial charge in [0.2, 0.25) is 0 Å². The van der Waals surface area contributed by atoms with Crippen molar-refractivity contribution >= 4 is 21.8 Å². The number of rotatable bonds is 5. The molecule has 0 bridgehead atoms. The summed E-state index contributed by atoms with van der Waals surface area (Å²) in [5.41, 5.74) is 14.0. The first-order valence-corrected chi connectivity index (χ1v) is 17.8. The Balaban J connectivity index is 1.09. The fourth-order valence-electron chi connectivity index (χ4n) is 7.99. The van der Waals surface area contributed by atoms with Crippen molar-refractivity contribution in [2.75, 3.05) is 0 Å². The summed E-state index contributed by atoms with van der Waals surface area (Å²) in [6, 6.07) is 60.1.